The average Bonchev–Trinajstić information content (AvgIpc) is 3.28. The highest BCUT2D eigenvalue weighted by Gasteiger charge is 2.34. The highest BCUT2D eigenvalue weighted by molar-refractivity contribution is 8.18. The highest BCUT2D eigenvalue weighted by Crippen LogP contribution is 2.35. The smallest absolute Gasteiger partial charge is 0.267 e. The minimum absolute atomic E-state index is 0.0649. The van der Waals surface area contributed by atoms with Crippen LogP contribution in [-0.4, -0.2) is 16.0 Å². The Morgan fingerprint density at radius 2 is 1.69 bits per heavy atom. The third kappa shape index (κ3) is 3.63. The molecule has 0 atom stereocenters. The summed E-state index contributed by atoms with van der Waals surface area (Å²) in [4.78, 5) is 19.9. The first-order valence-electron chi connectivity index (χ1n) is 8.22. The van der Waals surface area contributed by atoms with Crippen molar-refractivity contribution in [1.82, 2.24) is 4.90 Å². The number of carbonyl (C=O) groups excluding carboxylic acids is 1. The molecule has 0 radical (unpaired) electrons. The van der Waals surface area contributed by atoms with Crippen molar-refractivity contribution < 1.29 is 9.21 Å². The van der Waals surface area contributed by atoms with Crippen LogP contribution in [0.3, 0.4) is 0 Å². The molecule has 1 fully saturated rings. The maximum absolute atomic E-state index is 13.0. The lowest BCUT2D eigenvalue weighted by Crippen LogP contribution is -2.28. The van der Waals surface area contributed by atoms with Crippen LogP contribution in [0.15, 0.2) is 93.4 Å². The van der Waals surface area contributed by atoms with E-state index in [1.54, 1.807) is 11.2 Å². The second-order valence-electron chi connectivity index (χ2n) is 5.72. The molecule has 0 spiro atoms. The number of aliphatic imine (C=N–C) groups is 1. The molecule has 128 valence electrons. The number of amidine groups is 1. The molecule has 5 heteroatoms. The lowest BCUT2D eigenvalue weighted by molar-refractivity contribution is -0.122. The van der Waals surface area contributed by atoms with Gasteiger partial charge in [0.15, 0.2) is 5.17 Å². The van der Waals surface area contributed by atoms with E-state index in [2.05, 4.69) is 4.99 Å². The van der Waals surface area contributed by atoms with Crippen LogP contribution in [0, 0.1) is 0 Å². The SMILES string of the molecule is O=C1/C(=C/c2ccccc2)SC(=Nc2ccccc2)N1Cc1ccco1. The van der Waals surface area contributed by atoms with E-state index in [1.807, 2.05) is 78.9 Å². The van der Waals surface area contributed by atoms with Crippen molar-refractivity contribution in [3.8, 4) is 0 Å². The quantitative estimate of drug-likeness (QED) is 0.609. The maximum Gasteiger partial charge on any atom is 0.267 e. The summed E-state index contributed by atoms with van der Waals surface area (Å²) in [5.41, 5.74) is 1.80. The fourth-order valence-electron chi connectivity index (χ4n) is 2.60. The van der Waals surface area contributed by atoms with Crippen molar-refractivity contribution in [2.75, 3.05) is 0 Å². The first-order chi connectivity index (χ1) is 12.8. The Bertz CT molecular complexity index is 948. The average molecular weight is 360 g/mol. The molecule has 2 aromatic carbocycles. The number of amides is 1. The Labute approximate surface area is 155 Å². The van der Waals surface area contributed by atoms with E-state index in [0.29, 0.717) is 16.6 Å². The molecule has 1 aliphatic heterocycles. The zero-order valence-corrected chi connectivity index (χ0v) is 14.7. The molecule has 26 heavy (non-hydrogen) atoms. The van der Waals surface area contributed by atoms with Gasteiger partial charge in [-0.3, -0.25) is 9.69 Å². The minimum atomic E-state index is -0.0649. The Morgan fingerprint density at radius 3 is 2.38 bits per heavy atom. The van der Waals surface area contributed by atoms with Crippen molar-refractivity contribution in [2.24, 2.45) is 4.99 Å². The molecule has 3 aromatic rings. The van der Waals surface area contributed by atoms with Gasteiger partial charge in [0, 0.05) is 0 Å². The Kier molecular flexibility index (Phi) is 4.71. The Hall–Kier alpha value is -3.05. The molecule has 0 saturated carbocycles. The third-order valence-electron chi connectivity index (χ3n) is 3.86. The standard InChI is InChI=1S/C21H16N2O2S/c24-20-19(14-16-8-3-1-4-9-16)26-21(22-17-10-5-2-6-11-17)23(20)15-18-12-7-13-25-18/h1-14H,15H2/b19-14-,22-21?. The summed E-state index contributed by atoms with van der Waals surface area (Å²) in [6, 6.07) is 23.1. The summed E-state index contributed by atoms with van der Waals surface area (Å²) in [5.74, 6) is 0.658. The zero-order valence-electron chi connectivity index (χ0n) is 13.9. The topological polar surface area (TPSA) is 45.8 Å². The third-order valence-corrected chi connectivity index (χ3v) is 4.87. The van der Waals surface area contributed by atoms with E-state index in [-0.39, 0.29) is 5.91 Å². The second kappa shape index (κ2) is 7.45. The van der Waals surface area contributed by atoms with Crippen LogP contribution >= 0.6 is 11.8 Å². The number of para-hydroxylation sites is 1. The molecule has 4 nitrogen and oxygen atoms in total. The van der Waals surface area contributed by atoms with Crippen LogP contribution in [-0.2, 0) is 11.3 Å². The van der Waals surface area contributed by atoms with Crippen molar-refractivity contribution in [3.05, 3.63) is 95.3 Å². The van der Waals surface area contributed by atoms with Crippen LogP contribution in [0.4, 0.5) is 5.69 Å². The molecular formula is C21H16N2O2S. The van der Waals surface area contributed by atoms with Crippen LogP contribution in [0.25, 0.3) is 6.08 Å². The van der Waals surface area contributed by atoms with Gasteiger partial charge in [-0.2, -0.15) is 0 Å². The van der Waals surface area contributed by atoms with Crippen molar-refractivity contribution in [1.29, 1.82) is 0 Å². The summed E-state index contributed by atoms with van der Waals surface area (Å²) in [5, 5.41) is 0.653. The van der Waals surface area contributed by atoms with Gasteiger partial charge in [-0.15, -0.1) is 0 Å². The van der Waals surface area contributed by atoms with Crippen molar-refractivity contribution in [2.45, 2.75) is 6.54 Å². The largest absolute Gasteiger partial charge is 0.467 e. The minimum Gasteiger partial charge on any atom is -0.467 e. The molecule has 2 heterocycles. The van der Waals surface area contributed by atoms with Crippen LogP contribution < -0.4 is 0 Å². The van der Waals surface area contributed by atoms with Gasteiger partial charge in [-0.1, -0.05) is 48.5 Å². The predicted octanol–water partition coefficient (Wildman–Crippen LogP) is 5.08. The monoisotopic (exact) mass is 360 g/mol. The lowest BCUT2D eigenvalue weighted by atomic mass is 10.2. The molecule has 0 bridgehead atoms. The molecule has 1 saturated heterocycles. The number of hydrogen-bond acceptors (Lipinski definition) is 4. The number of furan rings is 1. The molecule has 4 rings (SSSR count). The lowest BCUT2D eigenvalue weighted by Gasteiger charge is -2.13. The van der Waals surface area contributed by atoms with Crippen molar-refractivity contribution in [3.63, 3.8) is 0 Å². The van der Waals surface area contributed by atoms with E-state index in [9.17, 15) is 4.79 Å². The second-order valence-corrected chi connectivity index (χ2v) is 6.73. The number of hydrogen-bond donors (Lipinski definition) is 0. The summed E-state index contributed by atoms with van der Waals surface area (Å²) in [7, 11) is 0. The predicted molar refractivity (Wildman–Crippen MR) is 105 cm³/mol. The first-order valence-corrected chi connectivity index (χ1v) is 9.04. The summed E-state index contributed by atoms with van der Waals surface area (Å²) < 4.78 is 5.42. The number of rotatable bonds is 4. The van der Waals surface area contributed by atoms with E-state index in [1.165, 1.54) is 11.8 Å². The maximum atomic E-state index is 13.0. The van der Waals surface area contributed by atoms with Crippen LogP contribution in [0.1, 0.15) is 11.3 Å². The summed E-state index contributed by atoms with van der Waals surface area (Å²) in [6.45, 7) is 0.358. The molecule has 1 aliphatic rings. The van der Waals surface area contributed by atoms with Gasteiger partial charge in [-0.25, -0.2) is 4.99 Å². The number of carbonyl (C=O) groups is 1. The summed E-state index contributed by atoms with van der Waals surface area (Å²) >= 11 is 1.38. The van der Waals surface area contributed by atoms with Gasteiger partial charge in [-0.05, 0) is 47.7 Å². The highest BCUT2D eigenvalue weighted by atomic mass is 32.2. The Balaban J connectivity index is 1.69. The van der Waals surface area contributed by atoms with Crippen LogP contribution in [0.5, 0.6) is 0 Å². The number of nitrogens with zero attached hydrogens (tertiary/aromatic N) is 2. The normalized spacial score (nSPS) is 17.4. The number of thioether (sulfide) groups is 1. The zero-order chi connectivity index (χ0) is 17.8. The van der Waals surface area contributed by atoms with Gasteiger partial charge >= 0.3 is 0 Å². The van der Waals surface area contributed by atoms with Crippen molar-refractivity contribution >= 4 is 34.6 Å². The molecule has 0 aliphatic carbocycles. The van der Waals surface area contributed by atoms with Gasteiger partial charge in [0.25, 0.3) is 5.91 Å². The van der Waals surface area contributed by atoms with Crippen LogP contribution in [0.2, 0.25) is 0 Å². The Morgan fingerprint density at radius 1 is 0.962 bits per heavy atom. The van der Waals surface area contributed by atoms with Gasteiger partial charge < -0.3 is 4.42 Å². The van der Waals surface area contributed by atoms with E-state index >= 15 is 0 Å². The first kappa shape index (κ1) is 16.4. The van der Waals surface area contributed by atoms with Gasteiger partial charge in [0.2, 0.25) is 0 Å². The van der Waals surface area contributed by atoms with E-state index < -0.39 is 0 Å². The fraction of sp³-hybridized carbons (Fsp3) is 0.0476. The van der Waals surface area contributed by atoms with Gasteiger partial charge in [0.1, 0.15) is 5.76 Å². The number of benzene rings is 2. The molecule has 1 amide bonds. The van der Waals surface area contributed by atoms with E-state index in [4.69, 9.17) is 4.42 Å². The molecular weight excluding hydrogens is 344 g/mol. The fourth-order valence-corrected chi connectivity index (χ4v) is 3.60. The van der Waals surface area contributed by atoms with Gasteiger partial charge in [0.05, 0.1) is 23.4 Å². The van der Waals surface area contributed by atoms with E-state index in [0.717, 1.165) is 17.0 Å². The molecule has 0 N–H and O–H groups in total. The molecule has 1 aromatic heterocycles. The molecule has 0 unspecified atom stereocenters. The summed E-state index contributed by atoms with van der Waals surface area (Å²) in [6.07, 6.45) is 3.51.